The van der Waals surface area contributed by atoms with Crippen molar-refractivity contribution in [1.82, 2.24) is 15.3 Å². The van der Waals surface area contributed by atoms with Gasteiger partial charge in [0.2, 0.25) is 0 Å². The molecule has 0 bridgehead atoms. The average Bonchev–Trinajstić information content (AvgIpc) is 2.28. The average molecular weight is 219 g/mol. The molecule has 1 N–H and O–H groups in total. The summed E-state index contributed by atoms with van der Waals surface area (Å²) in [5, 5.41) is 3.41. The first-order valence-electron chi connectivity index (χ1n) is 5.96. The van der Waals surface area contributed by atoms with Crippen LogP contribution in [0.1, 0.15) is 38.2 Å². The van der Waals surface area contributed by atoms with Gasteiger partial charge in [-0.1, -0.05) is 19.4 Å². The summed E-state index contributed by atoms with van der Waals surface area (Å²) in [6.07, 6.45) is 6.18. The highest BCUT2D eigenvalue weighted by Crippen LogP contribution is 2.06. The van der Waals surface area contributed by atoms with Gasteiger partial charge in [-0.25, -0.2) is 9.97 Å². The monoisotopic (exact) mass is 219 g/mol. The summed E-state index contributed by atoms with van der Waals surface area (Å²) < 4.78 is 0. The summed E-state index contributed by atoms with van der Waals surface area (Å²) >= 11 is 0. The van der Waals surface area contributed by atoms with Crippen molar-refractivity contribution in [2.75, 3.05) is 13.1 Å². The van der Waals surface area contributed by atoms with E-state index in [4.69, 9.17) is 0 Å². The van der Waals surface area contributed by atoms with Crippen molar-refractivity contribution in [2.45, 2.75) is 33.6 Å². The molecule has 0 unspecified atom stereocenters. The van der Waals surface area contributed by atoms with E-state index < -0.39 is 0 Å². The Balaban J connectivity index is 2.64. The first kappa shape index (κ1) is 12.8. The molecule has 88 valence electrons. The molecule has 0 spiro atoms. The number of aromatic nitrogens is 2. The molecule has 1 aromatic rings. The minimum absolute atomic E-state index is 0.825. The van der Waals surface area contributed by atoms with Gasteiger partial charge in [-0.15, -0.1) is 0 Å². The van der Waals surface area contributed by atoms with Gasteiger partial charge in [-0.05, 0) is 38.5 Å². The van der Waals surface area contributed by atoms with Gasteiger partial charge in [-0.2, -0.15) is 0 Å². The maximum Gasteiger partial charge on any atom is 0.125 e. The van der Waals surface area contributed by atoms with Gasteiger partial charge in [0.15, 0.2) is 0 Å². The lowest BCUT2D eigenvalue weighted by atomic mass is 10.1. The van der Waals surface area contributed by atoms with E-state index in [9.17, 15) is 0 Å². The largest absolute Gasteiger partial charge is 0.313 e. The Bertz CT molecular complexity index is 345. The number of hydrogen-bond acceptors (Lipinski definition) is 3. The topological polar surface area (TPSA) is 37.8 Å². The second-order valence-electron chi connectivity index (χ2n) is 3.86. The van der Waals surface area contributed by atoms with E-state index in [1.165, 1.54) is 12.0 Å². The van der Waals surface area contributed by atoms with E-state index in [0.717, 1.165) is 31.0 Å². The quantitative estimate of drug-likeness (QED) is 0.747. The Labute approximate surface area is 98.0 Å². The molecule has 0 saturated heterocycles. The summed E-state index contributed by atoms with van der Waals surface area (Å²) in [6.45, 7) is 8.29. The maximum atomic E-state index is 4.37. The van der Waals surface area contributed by atoms with Crippen LogP contribution in [0.4, 0.5) is 0 Å². The molecule has 0 saturated carbocycles. The minimum Gasteiger partial charge on any atom is -0.313 e. The van der Waals surface area contributed by atoms with Gasteiger partial charge in [0.05, 0.1) is 5.69 Å². The molecule has 0 atom stereocenters. The molecular formula is C13H21N3. The molecule has 16 heavy (non-hydrogen) atoms. The molecule has 1 heterocycles. The fraction of sp³-hybridized carbons (Fsp3) is 0.538. The molecule has 0 aromatic carbocycles. The molecule has 0 aliphatic carbocycles. The molecule has 3 nitrogen and oxygen atoms in total. The van der Waals surface area contributed by atoms with Crippen LogP contribution in [0.3, 0.4) is 0 Å². The summed E-state index contributed by atoms with van der Waals surface area (Å²) in [5.74, 6) is 0.825. The van der Waals surface area contributed by atoms with Crippen molar-refractivity contribution in [3.63, 3.8) is 0 Å². The van der Waals surface area contributed by atoms with Crippen LogP contribution in [0.2, 0.25) is 0 Å². The summed E-state index contributed by atoms with van der Waals surface area (Å²) in [7, 11) is 0. The van der Waals surface area contributed by atoms with Crippen LogP contribution in [0, 0.1) is 6.92 Å². The number of rotatable bonds is 6. The fourth-order valence-corrected chi connectivity index (χ4v) is 1.47. The van der Waals surface area contributed by atoms with Gasteiger partial charge in [-0.3, -0.25) is 0 Å². The first-order valence-corrected chi connectivity index (χ1v) is 5.96. The summed E-state index contributed by atoms with van der Waals surface area (Å²) in [6, 6.07) is 1.95. The van der Waals surface area contributed by atoms with Crippen molar-refractivity contribution in [3.8, 4) is 0 Å². The Hall–Kier alpha value is -1.22. The van der Waals surface area contributed by atoms with Crippen LogP contribution in [-0.2, 0) is 0 Å². The van der Waals surface area contributed by atoms with Crippen LogP contribution in [-0.4, -0.2) is 23.1 Å². The smallest absolute Gasteiger partial charge is 0.125 e. The first-order chi connectivity index (χ1) is 7.76. The molecule has 1 rings (SSSR count). The third-order valence-electron chi connectivity index (χ3n) is 2.38. The van der Waals surface area contributed by atoms with Gasteiger partial charge in [0.1, 0.15) is 5.82 Å². The summed E-state index contributed by atoms with van der Waals surface area (Å²) in [4.78, 5) is 8.47. The lowest BCUT2D eigenvalue weighted by molar-refractivity contribution is 0.705. The van der Waals surface area contributed by atoms with Crippen molar-refractivity contribution in [2.24, 2.45) is 0 Å². The minimum atomic E-state index is 0.825. The fourth-order valence-electron chi connectivity index (χ4n) is 1.47. The number of aryl methyl sites for hydroxylation is 1. The van der Waals surface area contributed by atoms with Crippen molar-refractivity contribution >= 4 is 6.08 Å². The van der Waals surface area contributed by atoms with Gasteiger partial charge < -0.3 is 5.32 Å². The molecular weight excluding hydrogens is 198 g/mol. The third-order valence-corrected chi connectivity index (χ3v) is 2.38. The third kappa shape index (κ3) is 4.53. The normalized spacial score (nSPS) is 11.8. The Kier molecular flexibility index (Phi) is 5.72. The lowest BCUT2D eigenvalue weighted by Crippen LogP contribution is -2.17. The van der Waals surface area contributed by atoms with Crippen molar-refractivity contribution in [3.05, 3.63) is 29.4 Å². The van der Waals surface area contributed by atoms with Crippen LogP contribution in [0.25, 0.3) is 6.08 Å². The Morgan fingerprint density at radius 1 is 1.44 bits per heavy atom. The second kappa shape index (κ2) is 7.12. The van der Waals surface area contributed by atoms with Crippen LogP contribution in [0.5, 0.6) is 0 Å². The van der Waals surface area contributed by atoms with Gasteiger partial charge >= 0.3 is 0 Å². The van der Waals surface area contributed by atoms with E-state index in [1.54, 1.807) is 6.20 Å². The molecule has 1 aromatic heterocycles. The predicted octanol–water partition coefficient (Wildman–Crippen LogP) is 2.58. The highest BCUT2D eigenvalue weighted by molar-refractivity contribution is 5.48. The van der Waals surface area contributed by atoms with Gasteiger partial charge in [0.25, 0.3) is 0 Å². The lowest BCUT2D eigenvalue weighted by Gasteiger charge is -2.06. The SMILES string of the molecule is CCCNC/C(=C/c1ccnc(C)n1)CC. The standard InChI is InChI=1S/C13H21N3/c1-4-7-14-10-12(5-2)9-13-6-8-15-11(3)16-13/h6,8-9,14H,4-5,7,10H2,1-3H3/b12-9+. The maximum absolute atomic E-state index is 4.37. The van der Waals surface area contributed by atoms with E-state index in [-0.39, 0.29) is 0 Å². The van der Waals surface area contributed by atoms with Crippen molar-refractivity contribution < 1.29 is 0 Å². The van der Waals surface area contributed by atoms with E-state index in [1.807, 2.05) is 13.0 Å². The zero-order valence-electron chi connectivity index (χ0n) is 10.5. The van der Waals surface area contributed by atoms with E-state index >= 15 is 0 Å². The van der Waals surface area contributed by atoms with Crippen LogP contribution < -0.4 is 5.32 Å². The number of nitrogens with zero attached hydrogens (tertiary/aromatic N) is 2. The Morgan fingerprint density at radius 2 is 2.25 bits per heavy atom. The number of hydrogen-bond donors (Lipinski definition) is 1. The number of nitrogens with one attached hydrogen (secondary N) is 1. The van der Waals surface area contributed by atoms with Crippen LogP contribution in [0.15, 0.2) is 17.8 Å². The highest BCUT2D eigenvalue weighted by atomic mass is 14.9. The molecule has 0 aliphatic rings. The van der Waals surface area contributed by atoms with E-state index in [0.29, 0.717) is 0 Å². The molecule has 0 amide bonds. The molecule has 3 heteroatoms. The molecule has 0 fully saturated rings. The van der Waals surface area contributed by atoms with Gasteiger partial charge in [0, 0.05) is 12.7 Å². The molecule has 0 radical (unpaired) electrons. The predicted molar refractivity (Wildman–Crippen MR) is 68.2 cm³/mol. The van der Waals surface area contributed by atoms with Crippen LogP contribution >= 0.6 is 0 Å². The Morgan fingerprint density at radius 3 is 2.88 bits per heavy atom. The zero-order valence-corrected chi connectivity index (χ0v) is 10.5. The summed E-state index contributed by atoms with van der Waals surface area (Å²) in [5.41, 5.74) is 2.38. The van der Waals surface area contributed by atoms with E-state index in [2.05, 4.69) is 35.2 Å². The second-order valence-corrected chi connectivity index (χ2v) is 3.86. The van der Waals surface area contributed by atoms with Crippen molar-refractivity contribution in [1.29, 1.82) is 0 Å². The molecule has 0 aliphatic heterocycles. The highest BCUT2D eigenvalue weighted by Gasteiger charge is 1.96. The zero-order chi connectivity index (χ0) is 11.8.